The summed E-state index contributed by atoms with van der Waals surface area (Å²) in [6, 6.07) is 95.8. The molecular weight excluding hydrogens is 983 g/mol. The number of hydrogen-bond acceptors (Lipinski definition) is 3. The van der Waals surface area contributed by atoms with E-state index in [0.29, 0.717) is 0 Å². The summed E-state index contributed by atoms with van der Waals surface area (Å²) in [5, 5.41) is 15.6. The van der Waals surface area contributed by atoms with Gasteiger partial charge in [-0.05, 0) is 115 Å². The minimum Gasteiger partial charge on any atom is -0.455 e. The molecule has 0 fully saturated rings. The SMILES string of the molecule is Cc1cccc(-c2cc3c(N(c4ccc5ccccc5c4)c4c5ccccc5c(-c5ccccc5)c5ccccc45)cc4c(-c5ccccc5)cc5c(oc6cccc(C(C)C)c65)c4c3c3c2oc2c(-c4ccccc4)cccc23)c1. The quantitative estimate of drug-likeness (QED) is 0.112. The van der Waals surface area contributed by atoms with E-state index < -0.39 is 0 Å². The van der Waals surface area contributed by atoms with Crippen molar-refractivity contribution < 1.29 is 8.83 Å². The fourth-order valence-corrected chi connectivity index (χ4v) is 13.4. The third-order valence-electron chi connectivity index (χ3n) is 17.0. The molecule has 382 valence electrons. The molecule has 0 N–H and O–H groups in total. The molecule has 0 aliphatic carbocycles. The lowest BCUT2D eigenvalue weighted by Crippen LogP contribution is -2.12. The molecule has 81 heavy (non-hydrogen) atoms. The predicted octanol–water partition coefficient (Wildman–Crippen LogP) is 22.8. The number of hydrogen-bond donors (Lipinski definition) is 0. The maximum Gasteiger partial charge on any atom is 0.143 e. The Hall–Kier alpha value is -10.2. The van der Waals surface area contributed by atoms with E-state index in [9.17, 15) is 0 Å². The van der Waals surface area contributed by atoms with Crippen LogP contribution in [-0.2, 0) is 0 Å². The van der Waals surface area contributed by atoms with Crippen LogP contribution < -0.4 is 4.90 Å². The third-order valence-corrected chi connectivity index (χ3v) is 17.0. The first-order valence-corrected chi connectivity index (χ1v) is 28.2. The first-order chi connectivity index (χ1) is 39.9. The molecular formula is C78H53NO2. The zero-order valence-corrected chi connectivity index (χ0v) is 45.2. The summed E-state index contributed by atoms with van der Waals surface area (Å²) in [6.45, 7) is 6.75. The van der Waals surface area contributed by atoms with Crippen LogP contribution >= 0.6 is 0 Å². The highest BCUT2D eigenvalue weighted by Crippen LogP contribution is 2.56. The normalized spacial score (nSPS) is 12.0. The second kappa shape index (κ2) is 18.4. The number of rotatable bonds is 8. The molecule has 0 saturated heterocycles. The van der Waals surface area contributed by atoms with Crippen LogP contribution in [0.4, 0.5) is 17.1 Å². The van der Waals surface area contributed by atoms with Gasteiger partial charge in [0.2, 0.25) is 0 Å². The Balaban J connectivity index is 1.19. The van der Waals surface area contributed by atoms with E-state index in [2.05, 4.69) is 287 Å². The third kappa shape index (κ3) is 7.28. The van der Waals surface area contributed by atoms with Crippen LogP contribution in [0.1, 0.15) is 30.9 Å². The number of fused-ring (bicyclic) bond motifs is 14. The lowest BCUT2D eigenvalue weighted by molar-refractivity contribution is 0.671. The molecule has 0 spiro atoms. The van der Waals surface area contributed by atoms with Crippen molar-refractivity contribution in [2.75, 3.05) is 4.90 Å². The molecule has 16 rings (SSSR count). The zero-order valence-electron chi connectivity index (χ0n) is 45.2. The van der Waals surface area contributed by atoms with Gasteiger partial charge >= 0.3 is 0 Å². The molecule has 0 bridgehead atoms. The Labute approximate surface area is 469 Å². The number of anilines is 3. The summed E-state index contributed by atoms with van der Waals surface area (Å²) in [6.07, 6.45) is 0. The second-order valence-corrected chi connectivity index (χ2v) is 22.1. The van der Waals surface area contributed by atoms with Crippen molar-refractivity contribution in [3.05, 3.63) is 272 Å². The molecule has 0 saturated carbocycles. The molecule has 14 aromatic carbocycles. The van der Waals surface area contributed by atoms with Gasteiger partial charge in [-0.1, -0.05) is 244 Å². The van der Waals surface area contributed by atoms with E-state index in [4.69, 9.17) is 8.83 Å². The van der Waals surface area contributed by atoms with Crippen molar-refractivity contribution >= 4 is 115 Å². The van der Waals surface area contributed by atoms with Crippen LogP contribution in [-0.4, -0.2) is 0 Å². The van der Waals surface area contributed by atoms with Crippen molar-refractivity contribution in [1.82, 2.24) is 0 Å². The Morgan fingerprint density at radius 3 is 1.62 bits per heavy atom. The molecule has 0 aliphatic rings. The standard InChI is InChI=1S/C78H53NO2/c1-47(2)56-36-21-39-69-71(56)67-44-63(51-26-9-5-10-27-51)65-46-68(66-45-64(54-31-19-22-48(3)42-54)77-73(72(66)74(65)78(67)80-69)62-38-20-37-57(76(62)81-77)50-24-7-4-8-25-50)79(55-41-40-49-23-13-14-30-53(49)43-55)75-60-34-17-15-32-58(60)70(52-28-11-6-12-29-52)59-33-16-18-35-61(59)75/h4-47H,1-3H3. The maximum absolute atomic E-state index is 7.60. The van der Waals surface area contributed by atoms with E-state index in [1.807, 2.05) is 0 Å². The number of benzene rings is 14. The smallest absolute Gasteiger partial charge is 0.143 e. The summed E-state index contributed by atoms with van der Waals surface area (Å²) < 4.78 is 15.1. The maximum atomic E-state index is 7.60. The van der Waals surface area contributed by atoms with Crippen LogP contribution in [0.25, 0.3) is 142 Å². The lowest BCUT2D eigenvalue weighted by atomic mass is 9.86. The van der Waals surface area contributed by atoms with Gasteiger partial charge in [-0.3, -0.25) is 0 Å². The molecule has 2 aromatic heterocycles. The van der Waals surface area contributed by atoms with Gasteiger partial charge < -0.3 is 13.7 Å². The minimum absolute atomic E-state index is 0.260. The monoisotopic (exact) mass is 1040 g/mol. The van der Waals surface area contributed by atoms with Crippen molar-refractivity contribution in [3.63, 3.8) is 0 Å². The highest BCUT2D eigenvalue weighted by atomic mass is 16.3. The van der Waals surface area contributed by atoms with Crippen LogP contribution in [0.2, 0.25) is 0 Å². The minimum atomic E-state index is 0.260. The first-order valence-electron chi connectivity index (χ1n) is 28.2. The summed E-state index contributed by atoms with van der Waals surface area (Å²) in [5.74, 6) is 0.260. The summed E-state index contributed by atoms with van der Waals surface area (Å²) in [5.41, 5.74) is 18.0. The van der Waals surface area contributed by atoms with Gasteiger partial charge in [0.15, 0.2) is 0 Å². The van der Waals surface area contributed by atoms with E-state index in [1.165, 1.54) is 38.4 Å². The van der Waals surface area contributed by atoms with Crippen molar-refractivity contribution in [3.8, 4) is 44.5 Å². The molecule has 16 aromatic rings. The molecule has 0 atom stereocenters. The molecule has 3 heteroatoms. The fourth-order valence-electron chi connectivity index (χ4n) is 13.4. The Morgan fingerprint density at radius 1 is 0.333 bits per heavy atom. The van der Waals surface area contributed by atoms with E-state index in [1.54, 1.807) is 0 Å². The van der Waals surface area contributed by atoms with Crippen LogP contribution in [0.15, 0.2) is 270 Å². The average molecular weight is 1040 g/mol. The molecule has 0 amide bonds. The number of nitrogens with zero attached hydrogens (tertiary/aromatic N) is 1. The Bertz CT molecular complexity index is 5150. The second-order valence-electron chi connectivity index (χ2n) is 22.1. The topological polar surface area (TPSA) is 29.5 Å². The van der Waals surface area contributed by atoms with Gasteiger partial charge in [0.25, 0.3) is 0 Å². The van der Waals surface area contributed by atoms with Crippen LogP contribution in [0, 0.1) is 6.92 Å². The summed E-state index contributed by atoms with van der Waals surface area (Å²) in [7, 11) is 0. The van der Waals surface area contributed by atoms with Crippen LogP contribution in [0.3, 0.4) is 0 Å². The van der Waals surface area contributed by atoms with Gasteiger partial charge in [0, 0.05) is 65.3 Å². The fraction of sp³-hybridized carbons (Fsp3) is 0.0513. The van der Waals surface area contributed by atoms with Crippen molar-refractivity contribution in [1.29, 1.82) is 0 Å². The van der Waals surface area contributed by atoms with E-state index in [-0.39, 0.29) is 5.92 Å². The molecule has 0 unspecified atom stereocenters. The average Bonchev–Trinajstić information content (AvgIpc) is 3.48. The summed E-state index contributed by atoms with van der Waals surface area (Å²) >= 11 is 0. The van der Waals surface area contributed by atoms with Crippen LogP contribution in [0.5, 0.6) is 0 Å². The first kappa shape index (κ1) is 46.8. The van der Waals surface area contributed by atoms with Crippen molar-refractivity contribution in [2.45, 2.75) is 26.7 Å². The zero-order chi connectivity index (χ0) is 53.9. The van der Waals surface area contributed by atoms with E-state index in [0.717, 1.165) is 132 Å². The van der Waals surface area contributed by atoms with Crippen molar-refractivity contribution in [2.24, 2.45) is 0 Å². The number of furan rings is 2. The predicted molar refractivity (Wildman–Crippen MR) is 344 cm³/mol. The Morgan fingerprint density at radius 2 is 0.914 bits per heavy atom. The number of para-hydroxylation sites is 1. The van der Waals surface area contributed by atoms with E-state index >= 15 is 0 Å². The molecule has 2 heterocycles. The van der Waals surface area contributed by atoms with Gasteiger partial charge in [-0.25, -0.2) is 0 Å². The van der Waals surface area contributed by atoms with Gasteiger partial charge in [-0.15, -0.1) is 0 Å². The molecule has 3 nitrogen and oxygen atoms in total. The largest absolute Gasteiger partial charge is 0.455 e. The van der Waals surface area contributed by atoms with Gasteiger partial charge in [0.05, 0.1) is 11.4 Å². The molecule has 0 aliphatic heterocycles. The number of aryl methyl sites for hydroxylation is 1. The molecule has 0 radical (unpaired) electrons. The van der Waals surface area contributed by atoms with Gasteiger partial charge in [-0.2, -0.15) is 0 Å². The summed E-state index contributed by atoms with van der Waals surface area (Å²) in [4.78, 5) is 2.59. The Kier molecular flexibility index (Phi) is 10.7. The lowest BCUT2D eigenvalue weighted by Gasteiger charge is -2.31. The highest BCUT2D eigenvalue weighted by Gasteiger charge is 2.30. The highest BCUT2D eigenvalue weighted by molar-refractivity contribution is 6.38. The van der Waals surface area contributed by atoms with Gasteiger partial charge in [0.1, 0.15) is 22.3 Å².